The first-order valence-electron chi connectivity index (χ1n) is 6.78. The third-order valence-electron chi connectivity index (χ3n) is 3.05. The van der Waals surface area contributed by atoms with Crippen molar-refractivity contribution >= 4 is 50.9 Å². The second-order valence-electron chi connectivity index (χ2n) is 4.68. The molecule has 130 valence electrons. The zero-order valence-electron chi connectivity index (χ0n) is 12.9. The zero-order chi connectivity index (χ0) is 18.6. The van der Waals surface area contributed by atoms with Crippen molar-refractivity contribution in [1.82, 2.24) is 4.90 Å². The first kappa shape index (κ1) is 18.9. The van der Waals surface area contributed by atoms with Gasteiger partial charge in [-0.15, -0.1) is 6.42 Å². The quantitative estimate of drug-likeness (QED) is 0.552. The van der Waals surface area contributed by atoms with Gasteiger partial charge < -0.3 is 14.6 Å². The van der Waals surface area contributed by atoms with Gasteiger partial charge in [0.2, 0.25) is 0 Å². The maximum Gasteiger partial charge on any atom is 0.323 e. The van der Waals surface area contributed by atoms with Crippen LogP contribution in [0, 0.1) is 12.3 Å². The van der Waals surface area contributed by atoms with Crippen molar-refractivity contribution in [3.63, 3.8) is 0 Å². The molecule has 1 aromatic rings. The number of aliphatic carboxylic acids is 1. The first-order chi connectivity index (χ1) is 11.9. The fraction of sp³-hybridized carbons (Fsp3) is 0.188. The van der Waals surface area contributed by atoms with Crippen molar-refractivity contribution in [2.75, 3.05) is 20.3 Å². The van der Waals surface area contributed by atoms with Crippen molar-refractivity contribution in [2.24, 2.45) is 0 Å². The molecule has 0 atom stereocenters. The number of halogens is 1. The Kier molecular flexibility index (Phi) is 6.12. The van der Waals surface area contributed by atoms with Gasteiger partial charge >= 0.3 is 5.97 Å². The Balaban J connectivity index is 2.35. The average molecular weight is 426 g/mol. The second kappa shape index (κ2) is 8.09. The highest BCUT2D eigenvalue weighted by atomic mass is 79.9. The van der Waals surface area contributed by atoms with E-state index in [2.05, 4.69) is 21.9 Å². The van der Waals surface area contributed by atoms with Crippen LogP contribution in [0.2, 0.25) is 0 Å². The molecule has 1 N–H and O–H groups in total. The summed E-state index contributed by atoms with van der Waals surface area (Å²) in [6, 6.07) is 3.24. The number of ether oxygens (including phenoxy) is 2. The normalized spacial score (nSPS) is 15.4. The van der Waals surface area contributed by atoms with Gasteiger partial charge in [-0.1, -0.05) is 21.9 Å². The first-order valence-corrected chi connectivity index (χ1v) is 8.39. The molecule has 0 aromatic heterocycles. The number of hydrogen-bond acceptors (Lipinski definition) is 6. The summed E-state index contributed by atoms with van der Waals surface area (Å²) >= 11 is 4.03. The van der Waals surface area contributed by atoms with Crippen LogP contribution in [0.5, 0.6) is 11.5 Å². The molecule has 1 saturated heterocycles. The second-order valence-corrected chi connectivity index (χ2v) is 6.53. The van der Waals surface area contributed by atoms with E-state index < -0.39 is 23.7 Å². The molecule has 0 bridgehead atoms. The Morgan fingerprint density at radius 1 is 1.44 bits per heavy atom. The molecule has 0 aliphatic carbocycles. The molecular formula is C16H12BrNO6S. The highest BCUT2D eigenvalue weighted by Gasteiger charge is 2.36. The summed E-state index contributed by atoms with van der Waals surface area (Å²) in [7, 11) is 1.45. The van der Waals surface area contributed by atoms with E-state index in [-0.39, 0.29) is 11.5 Å². The highest BCUT2D eigenvalue weighted by Crippen LogP contribution is 2.37. The molecule has 9 heteroatoms. The number of carboxylic acids is 1. The summed E-state index contributed by atoms with van der Waals surface area (Å²) in [5.41, 5.74) is 0.561. The maximum atomic E-state index is 12.2. The lowest BCUT2D eigenvalue weighted by Crippen LogP contribution is -2.33. The van der Waals surface area contributed by atoms with E-state index in [1.165, 1.54) is 13.2 Å². The van der Waals surface area contributed by atoms with Crippen LogP contribution in [-0.2, 0) is 9.59 Å². The number of benzene rings is 1. The van der Waals surface area contributed by atoms with Crippen LogP contribution in [0.1, 0.15) is 5.56 Å². The Morgan fingerprint density at radius 3 is 2.76 bits per heavy atom. The number of imide groups is 1. The van der Waals surface area contributed by atoms with Crippen molar-refractivity contribution in [1.29, 1.82) is 0 Å². The summed E-state index contributed by atoms with van der Waals surface area (Å²) in [6.45, 7) is -0.610. The number of carboxylic acid groups (broad SMARTS) is 1. The van der Waals surface area contributed by atoms with Gasteiger partial charge in [0.15, 0.2) is 11.5 Å². The van der Waals surface area contributed by atoms with Crippen LogP contribution in [-0.4, -0.2) is 47.4 Å². The SMILES string of the molecule is C#CCOc1cc(Br)c(/C=C2/SC(=O)N(CC(=O)O)C2=O)cc1OC. The van der Waals surface area contributed by atoms with E-state index in [0.717, 1.165) is 0 Å². The fourth-order valence-electron chi connectivity index (χ4n) is 1.97. The number of thioether (sulfide) groups is 1. The van der Waals surface area contributed by atoms with Crippen LogP contribution in [0.15, 0.2) is 21.5 Å². The van der Waals surface area contributed by atoms with E-state index in [4.69, 9.17) is 21.0 Å². The number of terminal acetylenes is 1. The molecule has 1 heterocycles. The summed E-state index contributed by atoms with van der Waals surface area (Å²) in [6.07, 6.45) is 6.64. The van der Waals surface area contributed by atoms with Crippen molar-refractivity contribution in [2.45, 2.75) is 0 Å². The van der Waals surface area contributed by atoms with Crippen LogP contribution in [0.25, 0.3) is 6.08 Å². The molecule has 1 aliphatic heterocycles. The molecule has 1 aromatic carbocycles. The standard InChI is InChI=1S/C16H12BrNO6S/c1-3-4-24-12-7-10(17)9(5-11(12)23-2)6-13-15(21)18(8-14(19)20)16(22)25-13/h1,5-7H,4,8H2,2H3,(H,19,20)/b13-6+. The fourth-order valence-corrected chi connectivity index (χ4v) is 3.23. The van der Waals surface area contributed by atoms with E-state index in [1.54, 1.807) is 12.1 Å². The van der Waals surface area contributed by atoms with Crippen LogP contribution in [0.3, 0.4) is 0 Å². The Labute approximate surface area is 156 Å². The number of amides is 2. The number of rotatable bonds is 6. The molecule has 0 radical (unpaired) electrons. The number of carbonyl (C=O) groups is 3. The molecule has 2 rings (SSSR count). The lowest BCUT2D eigenvalue weighted by molar-refractivity contribution is -0.140. The zero-order valence-corrected chi connectivity index (χ0v) is 15.3. The van der Waals surface area contributed by atoms with Gasteiger partial charge in [0.25, 0.3) is 11.1 Å². The van der Waals surface area contributed by atoms with Gasteiger partial charge in [0, 0.05) is 4.47 Å². The number of nitrogens with zero attached hydrogens (tertiary/aromatic N) is 1. The minimum Gasteiger partial charge on any atom is -0.493 e. The minimum atomic E-state index is -1.26. The molecule has 0 unspecified atom stereocenters. The van der Waals surface area contributed by atoms with Crippen molar-refractivity contribution in [3.05, 3.63) is 27.1 Å². The topological polar surface area (TPSA) is 93.1 Å². The molecule has 1 fully saturated rings. The smallest absolute Gasteiger partial charge is 0.323 e. The molecule has 7 nitrogen and oxygen atoms in total. The van der Waals surface area contributed by atoms with Crippen LogP contribution < -0.4 is 9.47 Å². The Hall–Kier alpha value is -2.44. The molecule has 1 aliphatic rings. The molecule has 2 amide bonds. The van der Waals surface area contributed by atoms with E-state index in [0.29, 0.717) is 38.2 Å². The predicted molar refractivity (Wildman–Crippen MR) is 95.3 cm³/mol. The van der Waals surface area contributed by atoms with E-state index in [1.807, 2.05) is 0 Å². The van der Waals surface area contributed by atoms with Gasteiger partial charge in [-0.05, 0) is 35.5 Å². The molecule has 0 spiro atoms. The van der Waals surface area contributed by atoms with Crippen LogP contribution >= 0.6 is 27.7 Å². The number of hydrogen-bond donors (Lipinski definition) is 1. The lowest BCUT2D eigenvalue weighted by atomic mass is 10.2. The molecule has 25 heavy (non-hydrogen) atoms. The number of carbonyl (C=O) groups excluding carboxylic acids is 2. The van der Waals surface area contributed by atoms with Crippen LogP contribution in [0.4, 0.5) is 4.79 Å². The predicted octanol–water partition coefficient (Wildman–Crippen LogP) is 2.59. The average Bonchev–Trinajstić information content (AvgIpc) is 2.82. The highest BCUT2D eigenvalue weighted by molar-refractivity contribution is 9.10. The summed E-state index contributed by atoms with van der Waals surface area (Å²) in [5, 5.41) is 8.14. The largest absolute Gasteiger partial charge is 0.493 e. The maximum absolute atomic E-state index is 12.2. The Morgan fingerprint density at radius 2 is 2.16 bits per heavy atom. The molecular weight excluding hydrogens is 414 g/mol. The van der Waals surface area contributed by atoms with Gasteiger partial charge in [-0.3, -0.25) is 19.3 Å². The summed E-state index contributed by atoms with van der Waals surface area (Å²) < 4.78 is 11.2. The Bertz CT molecular complexity index is 814. The summed E-state index contributed by atoms with van der Waals surface area (Å²) in [4.78, 5) is 35.5. The van der Waals surface area contributed by atoms with Crippen molar-refractivity contribution < 1.29 is 29.0 Å². The third-order valence-corrected chi connectivity index (χ3v) is 4.64. The van der Waals surface area contributed by atoms with Gasteiger partial charge in [-0.25, -0.2) is 0 Å². The summed E-state index contributed by atoms with van der Waals surface area (Å²) in [5.74, 6) is 1.25. The van der Waals surface area contributed by atoms with Gasteiger partial charge in [-0.2, -0.15) is 0 Å². The van der Waals surface area contributed by atoms with Gasteiger partial charge in [0.05, 0.1) is 12.0 Å². The lowest BCUT2D eigenvalue weighted by Gasteiger charge is -2.11. The van der Waals surface area contributed by atoms with Gasteiger partial charge in [0.1, 0.15) is 13.2 Å². The monoisotopic (exact) mass is 425 g/mol. The number of methoxy groups -OCH3 is 1. The third kappa shape index (κ3) is 4.35. The minimum absolute atomic E-state index is 0.0657. The van der Waals surface area contributed by atoms with E-state index in [9.17, 15) is 14.4 Å². The van der Waals surface area contributed by atoms with E-state index >= 15 is 0 Å². The van der Waals surface area contributed by atoms with Crippen molar-refractivity contribution in [3.8, 4) is 23.8 Å². The molecule has 0 saturated carbocycles.